The van der Waals surface area contributed by atoms with Crippen LogP contribution in [-0.2, 0) is 28.6 Å². The van der Waals surface area contributed by atoms with Crippen LogP contribution in [0.2, 0.25) is 0 Å². The van der Waals surface area contributed by atoms with Gasteiger partial charge in [0.2, 0.25) is 0 Å². The fourth-order valence-electron chi connectivity index (χ4n) is 6.96. The quantitative estimate of drug-likeness (QED) is 0.0262. The first-order valence-corrected chi connectivity index (χ1v) is 27.8. The molecule has 70 heavy (non-hydrogen) atoms. The van der Waals surface area contributed by atoms with Crippen molar-refractivity contribution in [1.29, 1.82) is 0 Å². The molecule has 392 valence electrons. The van der Waals surface area contributed by atoms with Crippen molar-refractivity contribution in [2.45, 2.75) is 226 Å². The standard InChI is InChI=1S/C64H100O6/c1-4-7-10-13-16-19-22-25-27-29-31-32-33-35-36-39-42-45-48-51-54-57-63(66)69-60-61(59-68-62(65)56-53-50-47-44-41-38-24-21-18-15-12-9-6-3)70-64(67)58-55-52-49-46-43-40-37-34-30-28-26-23-20-17-14-11-8-5-2/h7,9-10,12,16,18-21,23,25,27-28,30-32,35-36,38,41-42,45,47,50,61H,4-6,8,11,13-15,17,22,24,26,29,33-34,37,39-40,43-44,46,48-49,51-60H2,1-3H3/b10-7-,12-9-,19-16-,21-18-,23-20-,27-25-,30-28-,32-31-,36-35-,41-38-,45-42-,50-47-. The van der Waals surface area contributed by atoms with Gasteiger partial charge in [0.15, 0.2) is 6.10 Å². The summed E-state index contributed by atoms with van der Waals surface area (Å²) < 4.78 is 16.7. The van der Waals surface area contributed by atoms with Gasteiger partial charge in [0, 0.05) is 19.3 Å². The third-order valence-electron chi connectivity index (χ3n) is 11.1. The number of allylic oxidation sites excluding steroid dienone is 24. The van der Waals surface area contributed by atoms with E-state index in [0.717, 1.165) is 116 Å². The molecule has 0 rings (SSSR count). The second-order valence-corrected chi connectivity index (χ2v) is 17.7. The van der Waals surface area contributed by atoms with E-state index in [9.17, 15) is 14.4 Å². The van der Waals surface area contributed by atoms with Gasteiger partial charge in [-0.15, -0.1) is 0 Å². The summed E-state index contributed by atoms with van der Waals surface area (Å²) in [5.41, 5.74) is 0. The smallest absolute Gasteiger partial charge is 0.306 e. The lowest BCUT2D eigenvalue weighted by Gasteiger charge is -2.18. The lowest BCUT2D eigenvalue weighted by molar-refractivity contribution is -0.166. The van der Waals surface area contributed by atoms with Crippen molar-refractivity contribution in [3.05, 3.63) is 146 Å². The molecule has 6 nitrogen and oxygen atoms in total. The highest BCUT2D eigenvalue weighted by Gasteiger charge is 2.19. The first-order chi connectivity index (χ1) is 34.5. The third kappa shape index (κ3) is 54.2. The van der Waals surface area contributed by atoms with Crippen molar-refractivity contribution in [2.24, 2.45) is 0 Å². The predicted octanol–water partition coefficient (Wildman–Crippen LogP) is 18.8. The van der Waals surface area contributed by atoms with Crippen LogP contribution in [0.3, 0.4) is 0 Å². The van der Waals surface area contributed by atoms with Gasteiger partial charge in [0.1, 0.15) is 13.2 Å². The van der Waals surface area contributed by atoms with Crippen LogP contribution in [0.25, 0.3) is 0 Å². The summed E-state index contributed by atoms with van der Waals surface area (Å²) in [6.07, 6.45) is 81.3. The number of unbranched alkanes of at least 4 members (excludes halogenated alkanes) is 13. The number of hydrogen-bond donors (Lipinski definition) is 0. The van der Waals surface area contributed by atoms with E-state index in [4.69, 9.17) is 14.2 Å². The monoisotopic (exact) mass is 965 g/mol. The number of ether oxygens (including phenoxy) is 3. The topological polar surface area (TPSA) is 78.9 Å². The van der Waals surface area contributed by atoms with Crippen molar-refractivity contribution in [1.82, 2.24) is 0 Å². The Labute approximate surface area is 429 Å². The van der Waals surface area contributed by atoms with E-state index in [2.05, 4.69) is 154 Å². The van der Waals surface area contributed by atoms with E-state index in [1.807, 2.05) is 12.2 Å². The zero-order valence-corrected chi connectivity index (χ0v) is 44.7. The molecule has 0 saturated carbocycles. The van der Waals surface area contributed by atoms with Crippen LogP contribution >= 0.6 is 0 Å². The maximum absolute atomic E-state index is 12.8. The van der Waals surface area contributed by atoms with Crippen molar-refractivity contribution in [3.8, 4) is 0 Å². The largest absolute Gasteiger partial charge is 0.462 e. The lowest BCUT2D eigenvalue weighted by Crippen LogP contribution is -2.30. The zero-order valence-electron chi connectivity index (χ0n) is 44.7. The van der Waals surface area contributed by atoms with Gasteiger partial charge in [0.25, 0.3) is 0 Å². The molecule has 0 aromatic carbocycles. The summed E-state index contributed by atoms with van der Waals surface area (Å²) in [4.78, 5) is 38.1. The van der Waals surface area contributed by atoms with Crippen LogP contribution in [0.1, 0.15) is 220 Å². The van der Waals surface area contributed by atoms with E-state index in [1.165, 1.54) is 51.4 Å². The molecule has 0 heterocycles. The summed E-state index contributed by atoms with van der Waals surface area (Å²) in [5, 5.41) is 0. The van der Waals surface area contributed by atoms with Gasteiger partial charge >= 0.3 is 17.9 Å². The fourth-order valence-corrected chi connectivity index (χ4v) is 6.96. The van der Waals surface area contributed by atoms with Gasteiger partial charge in [-0.3, -0.25) is 14.4 Å². The van der Waals surface area contributed by atoms with Crippen LogP contribution in [0.15, 0.2) is 146 Å². The minimum absolute atomic E-state index is 0.132. The van der Waals surface area contributed by atoms with Gasteiger partial charge in [-0.2, -0.15) is 0 Å². The van der Waals surface area contributed by atoms with Gasteiger partial charge < -0.3 is 14.2 Å². The maximum atomic E-state index is 12.8. The fraction of sp³-hybridized carbons (Fsp3) is 0.578. The molecule has 0 aliphatic rings. The van der Waals surface area contributed by atoms with Crippen molar-refractivity contribution >= 4 is 17.9 Å². The predicted molar refractivity (Wildman–Crippen MR) is 302 cm³/mol. The number of hydrogen-bond acceptors (Lipinski definition) is 6. The Bertz CT molecular complexity index is 1580. The van der Waals surface area contributed by atoms with Crippen LogP contribution < -0.4 is 0 Å². The molecule has 0 aliphatic carbocycles. The minimum atomic E-state index is -0.836. The molecule has 0 bridgehead atoms. The highest BCUT2D eigenvalue weighted by molar-refractivity contribution is 5.71. The van der Waals surface area contributed by atoms with Crippen LogP contribution in [0, 0.1) is 0 Å². The molecule has 0 spiro atoms. The normalized spacial score (nSPS) is 13.2. The molecule has 0 N–H and O–H groups in total. The van der Waals surface area contributed by atoms with E-state index in [-0.39, 0.29) is 50.4 Å². The third-order valence-corrected chi connectivity index (χ3v) is 11.1. The maximum Gasteiger partial charge on any atom is 0.306 e. The second kappa shape index (κ2) is 56.9. The van der Waals surface area contributed by atoms with Crippen LogP contribution in [0.4, 0.5) is 0 Å². The van der Waals surface area contributed by atoms with Crippen molar-refractivity contribution < 1.29 is 28.6 Å². The molecular formula is C64H100O6. The average Bonchev–Trinajstić information content (AvgIpc) is 3.36. The summed E-state index contributed by atoms with van der Waals surface area (Å²) in [7, 11) is 0. The Hall–Kier alpha value is -4.71. The molecule has 0 aromatic heterocycles. The Kier molecular flexibility index (Phi) is 53.0. The Balaban J connectivity index is 4.56. The summed E-state index contributed by atoms with van der Waals surface area (Å²) in [6.45, 7) is 6.27. The van der Waals surface area contributed by atoms with Crippen molar-refractivity contribution in [2.75, 3.05) is 13.2 Å². The SMILES string of the molecule is CC/C=C\C/C=C\C/C=C\C/C=C\C/C=C\C/C=C\CCCCC(=O)OCC(COC(=O)CC/C=C\C/C=C\C/C=C\C/C=C\CC)OC(=O)CCCCCCCCC/C=C\C/C=C\CCCCCC. The van der Waals surface area contributed by atoms with Gasteiger partial charge in [-0.1, -0.05) is 218 Å². The van der Waals surface area contributed by atoms with Crippen molar-refractivity contribution in [3.63, 3.8) is 0 Å². The minimum Gasteiger partial charge on any atom is -0.462 e. The van der Waals surface area contributed by atoms with Gasteiger partial charge in [-0.05, 0) is 128 Å². The summed E-state index contributed by atoms with van der Waals surface area (Å²) in [5.74, 6) is -1.07. The number of rotatable bonds is 48. The van der Waals surface area contributed by atoms with E-state index < -0.39 is 6.10 Å². The molecule has 0 saturated heterocycles. The zero-order chi connectivity index (χ0) is 50.7. The van der Waals surface area contributed by atoms with Crippen LogP contribution in [0.5, 0.6) is 0 Å². The number of carbonyl (C=O) groups excluding carboxylic acids is 3. The average molecular weight is 965 g/mol. The van der Waals surface area contributed by atoms with E-state index >= 15 is 0 Å². The number of carbonyl (C=O) groups is 3. The Morgan fingerprint density at radius 3 is 0.986 bits per heavy atom. The summed E-state index contributed by atoms with van der Waals surface area (Å²) in [6, 6.07) is 0. The van der Waals surface area contributed by atoms with Gasteiger partial charge in [0.05, 0.1) is 0 Å². The van der Waals surface area contributed by atoms with Crippen LogP contribution in [-0.4, -0.2) is 37.2 Å². The number of esters is 3. The molecule has 0 radical (unpaired) electrons. The highest BCUT2D eigenvalue weighted by atomic mass is 16.6. The van der Waals surface area contributed by atoms with E-state index in [1.54, 1.807) is 0 Å². The lowest BCUT2D eigenvalue weighted by atomic mass is 10.1. The molecule has 0 fully saturated rings. The first kappa shape index (κ1) is 65.3. The molecule has 1 atom stereocenters. The first-order valence-electron chi connectivity index (χ1n) is 27.8. The van der Waals surface area contributed by atoms with E-state index in [0.29, 0.717) is 12.8 Å². The molecular weight excluding hydrogens is 865 g/mol. The Morgan fingerprint density at radius 1 is 0.300 bits per heavy atom. The molecule has 1 unspecified atom stereocenters. The summed E-state index contributed by atoms with van der Waals surface area (Å²) >= 11 is 0. The molecule has 0 aromatic rings. The molecule has 0 amide bonds. The Morgan fingerprint density at radius 2 is 0.586 bits per heavy atom. The molecule has 0 aliphatic heterocycles. The molecule has 6 heteroatoms. The highest BCUT2D eigenvalue weighted by Crippen LogP contribution is 2.13. The second-order valence-electron chi connectivity index (χ2n) is 17.7. The van der Waals surface area contributed by atoms with Gasteiger partial charge in [-0.25, -0.2) is 0 Å².